The van der Waals surface area contributed by atoms with Crippen molar-refractivity contribution in [2.75, 3.05) is 24.6 Å². The summed E-state index contributed by atoms with van der Waals surface area (Å²) < 4.78 is 0. The zero-order chi connectivity index (χ0) is 12.3. The molecule has 1 aliphatic rings. The fourth-order valence-electron chi connectivity index (χ4n) is 1.60. The van der Waals surface area contributed by atoms with Gasteiger partial charge in [0.25, 0.3) is 5.91 Å². The summed E-state index contributed by atoms with van der Waals surface area (Å²) in [7, 11) is 0. The Kier molecular flexibility index (Phi) is 3.63. The van der Waals surface area contributed by atoms with Crippen molar-refractivity contribution in [3.8, 4) is 0 Å². The van der Waals surface area contributed by atoms with Crippen molar-refractivity contribution in [2.45, 2.75) is 0 Å². The molecule has 1 saturated heterocycles. The van der Waals surface area contributed by atoms with Gasteiger partial charge in [0.1, 0.15) is 11.4 Å². The molecule has 17 heavy (non-hydrogen) atoms. The van der Waals surface area contributed by atoms with Gasteiger partial charge in [0.2, 0.25) is 0 Å². The van der Waals surface area contributed by atoms with Crippen molar-refractivity contribution in [3.63, 3.8) is 0 Å². The highest BCUT2D eigenvalue weighted by Gasteiger charge is 2.20. The van der Waals surface area contributed by atoms with E-state index in [2.05, 4.69) is 4.98 Å². The minimum Gasteiger partial charge on any atom is -0.477 e. The molecule has 90 valence electrons. The molecule has 2 heterocycles. The van der Waals surface area contributed by atoms with Crippen molar-refractivity contribution in [1.82, 2.24) is 9.88 Å². The number of amides is 1. The van der Waals surface area contributed by atoms with E-state index in [9.17, 15) is 9.59 Å². The van der Waals surface area contributed by atoms with E-state index in [-0.39, 0.29) is 17.3 Å². The molecule has 1 N–H and O–H groups in total. The van der Waals surface area contributed by atoms with Gasteiger partial charge in [-0.2, -0.15) is 11.8 Å². The van der Waals surface area contributed by atoms with Crippen LogP contribution in [0.5, 0.6) is 0 Å². The number of pyridine rings is 1. The molecule has 0 aromatic carbocycles. The Hall–Kier alpha value is -1.56. The van der Waals surface area contributed by atoms with E-state index < -0.39 is 5.97 Å². The van der Waals surface area contributed by atoms with Crippen LogP contribution in [0.25, 0.3) is 0 Å². The van der Waals surface area contributed by atoms with Gasteiger partial charge >= 0.3 is 5.97 Å². The van der Waals surface area contributed by atoms with Crippen LogP contribution in [0, 0.1) is 0 Å². The van der Waals surface area contributed by atoms with Gasteiger partial charge in [-0.3, -0.25) is 4.79 Å². The molecule has 0 saturated carbocycles. The number of carbonyl (C=O) groups is 2. The maximum atomic E-state index is 12.0. The second kappa shape index (κ2) is 5.18. The van der Waals surface area contributed by atoms with Gasteiger partial charge in [-0.05, 0) is 12.1 Å². The van der Waals surface area contributed by atoms with E-state index >= 15 is 0 Å². The van der Waals surface area contributed by atoms with Gasteiger partial charge < -0.3 is 10.0 Å². The summed E-state index contributed by atoms with van der Waals surface area (Å²) in [6.07, 6.45) is 0. The summed E-state index contributed by atoms with van der Waals surface area (Å²) in [5.41, 5.74) is 0.110. The number of carboxylic acids is 1. The summed E-state index contributed by atoms with van der Waals surface area (Å²) in [4.78, 5) is 28.4. The van der Waals surface area contributed by atoms with E-state index in [1.54, 1.807) is 17.0 Å². The van der Waals surface area contributed by atoms with Gasteiger partial charge in [0.15, 0.2) is 0 Å². The molecule has 0 bridgehead atoms. The molecule has 1 aliphatic heterocycles. The van der Waals surface area contributed by atoms with Crippen LogP contribution in [0.1, 0.15) is 21.0 Å². The average Bonchev–Trinajstić information content (AvgIpc) is 2.39. The maximum Gasteiger partial charge on any atom is 0.354 e. The highest BCUT2D eigenvalue weighted by atomic mass is 32.2. The summed E-state index contributed by atoms with van der Waals surface area (Å²) >= 11 is 1.81. The van der Waals surface area contributed by atoms with Gasteiger partial charge in [0, 0.05) is 24.6 Å². The molecular formula is C11H12N2O3S. The highest BCUT2D eigenvalue weighted by Crippen LogP contribution is 2.12. The largest absolute Gasteiger partial charge is 0.477 e. The first kappa shape index (κ1) is 11.9. The molecule has 0 spiro atoms. The number of thioether (sulfide) groups is 1. The van der Waals surface area contributed by atoms with Crippen LogP contribution in [0.2, 0.25) is 0 Å². The molecule has 0 unspecified atom stereocenters. The maximum absolute atomic E-state index is 12.0. The van der Waals surface area contributed by atoms with Crippen molar-refractivity contribution in [2.24, 2.45) is 0 Å². The molecule has 6 heteroatoms. The Bertz CT molecular complexity index is 444. The first-order chi connectivity index (χ1) is 8.18. The second-order valence-corrected chi connectivity index (χ2v) is 4.84. The molecule has 2 rings (SSSR count). The fraction of sp³-hybridized carbons (Fsp3) is 0.364. The minimum absolute atomic E-state index is 0.0952. The Balaban J connectivity index is 2.18. The molecule has 1 fully saturated rings. The predicted molar refractivity (Wildman–Crippen MR) is 64.4 cm³/mol. The standard InChI is InChI=1S/C11H12N2O3S/c14-10(13-4-6-17-7-5-13)8-2-1-3-9(12-8)11(15)16/h1-3H,4-7H2,(H,15,16). The number of aromatic carboxylic acids is 1. The molecule has 1 aromatic heterocycles. The van der Waals surface area contributed by atoms with Crippen LogP contribution in [-0.4, -0.2) is 51.5 Å². The normalized spacial score (nSPS) is 15.6. The van der Waals surface area contributed by atoms with E-state index in [1.165, 1.54) is 6.07 Å². The number of carbonyl (C=O) groups excluding carboxylic acids is 1. The summed E-state index contributed by atoms with van der Waals surface area (Å²) in [6, 6.07) is 4.48. The second-order valence-electron chi connectivity index (χ2n) is 3.62. The minimum atomic E-state index is -1.12. The lowest BCUT2D eigenvalue weighted by molar-refractivity contribution is 0.0690. The Labute approximate surface area is 103 Å². The highest BCUT2D eigenvalue weighted by molar-refractivity contribution is 7.99. The third kappa shape index (κ3) is 2.76. The number of carboxylic acid groups (broad SMARTS) is 1. The van der Waals surface area contributed by atoms with Crippen LogP contribution >= 0.6 is 11.8 Å². The third-order valence-corrected chi connectivity index (χ3v) is 3.43. The lowest BCUT2D eigenvalue weighted by Crippen LogP contribution is -2.38. The van der Waals surface area contributed by atoms with E-state index in [0.29, 0.717) is 13.1 Å². The molecule has 0 atom stereocenters. The zero-order valence-corrected chi connectivity index (χ0v) is 9.94. The predicted octanol–water partition coefficient (Wildman–Crippen LogP) is 0.969. The molecule has 1 amide bonds. The van der Waals surface area contributed by atoms with Crippen LogP contribution in [-0.2, 0) is 0 Å². The number of nitrogens with zero attached hydrogens (tertiary/aromatic N) is 2. The van der Waals surface area contributed by atoms with Crippen molar-refractivity contribution in [1.29, 1.82) is 0 Å². The summed E-state index contributed by atoms with van der Waals surface area (Å²) in [5, 5.41) is 8.81. The Morgan fingerprint density at radius 3 is 2.53 bits per heavy atom. The van der Waals surface area contributed by atoms with E-state index in [0.717, 1.165) is 11.5 Å². The fourth-order valence-corrected chi connectivity index (χ4v) is 2.50. The lowest BCUT2D eigenvalue weighted by Gasteiger charge is -2.26. The SMILES string of the molecule is O=C(O)c1cccc(C(=O)N2CCSCC2)n1. The van der Waals surface area contributed by atoms with Gasteiger partial charge in [0.05, 0.1) is 0 Å². The van der Waals surface area contributed by atoms with Crippen LogP contribution in [0.3, 0.4) is 0 Å². The van der Waals surface area contributed by atoms with Crippen LogP contribution in [0.4, 0.5) is 0 Å². The van der Waals surface area contributed by atoms with Crippen molar-refractivity contribution in [3.05, 3.63) is 29.6 Å². The first-order valence-corrected chi connectivity index (χ1v) is 6.41. The van der Waals surface area contributed by atoms with Gasteiger partial charge in [-0.15, -0.1) is 0 Å². The number of hydrogen-bond acceptors (Lipinski definition) is 4. The number of hydrogen-bond donors (Lipinski definition) is 1. The molecule has 1 aromatic rings. The molecule has 5 nitrogen and oxygen atoms in total. The van der Waals surface area contributed by atoms with E-state index in [4.69, 9.17) is 5.11 Å². The number of aromatic nitrogens is 1. The summed E-state index contributed by atoms with van der Waals surface area (Å²) in [6.45, 7) is 1.39. The van der Waals surface area contributed by atoms with E-state index in [1.807, 2.05) is 11.8 Å². The van der Waals surface area contributed by atoms with Gasteiger partial charge in [-0.25, -0.2) is 9.78 Å². The average molecular weight is 252 g/mol. The van der Waals surface area contributed by atoms with Crippen molar-refractivity contribution < 1.29 is 14.7 Å². The molecule has 0 aliphatic carbocycles. The molecular weight excluding hydrogens is 240 g/mol. The smallest absolute Gasteiger partial charge is 0.354 e. The van der Waals surface area contributed by atoms with Gasteiger partial charge in [-0.1, -0.05) is 6.07 Å². The Morgan fingerprint density at radius 2 is 1.88 bits per heavy atom. The first-order valence-electron chi connectivity index (χ1n) is 5.26. The molecule has 0 radical (unpaired) electrons. The van der Waals surface area contributed by atoms with Crippen LogP contribution in [0.15, 0.2) is 18.2 Å². The topological polar surface area (TPSA) is 70.5 Å². The van der Waals surface area contributed by atoms with Crippen LogP contribution < -0.4 is 0 Å². The van der Waals surface area contributed by atoms with Crippen molar-refractivity contribution >= 4 is 23.6 Å². The quantitative estimate of drug-likeness (QED) is 0.849. The lowest BCUT2D eigenvalue weighted by atomic mass is 10.2. The third-order valence-electron chi connectivity index (χ3n) is 2.49. The Morgan fingerprint density at radius 1 is 1.24 bits per heavy atom. The summed E-state index contributed by atoms with van der Waals surface area (Å²) in [5.74, 6) is 0.539. The zero-order valence-electron chi connectivity index (χ0n) is 9.13. The monoisotopic (exact) mass is 252 g/mol. The number of rotatable bonds is 2.